The van der Waals surface area contributed by atoms with E-state index in [0.29, 0.717) is 12.2 Å². The van der Waals surface area contributed by atoms with E-state index < -0.39 is 5.97 Å². The van der Waals surface area contributed by atoms with Crippen molar-refractivity contribution < 1.29 is 9.90 Å². The van der Waals surface area contributed by atoms with Crippen LogP contribution in [-0.4, -0.2) is 25.6 Å². The van der Waals surface area contributed by atoms with E-state index in [0.717, 1.165) is 11.0 Å². The first-order valence-corrected chi connectivity index (χ1v) is 5.83. The van der Waals surface area contributed by atoms with Gasteiger partial charge < -0.3 is 9.67 Å². The molecular weight excluding hydrogens is 242 g/mol. The lowest BCUT2D eigenvalue weighted by Gasteiger charge is -2.04. The average Bonchev–Trinajstić information content (AvgIpc) is 2.83. The fraction of sp³-hybridized carbons (Fsp3) is 0.0714. The van der Waals surface area contributed by atoms with Gasteiger partial charge in [-0.1, -0.05) is 18.2 Å². The van der Waals surface area contributed by atoms with Crippen molar-refractivity contribution in [1.82, 2.24) is 14.5 Å². The van der Waals surface area contributed by atoms with E-state index in [2.05, 4.69) is 9.97 Å². The van der Waals surface area contributed by atoms with Crippen molar-refractivity contribution in [2.24, 2.45) is 0 Å². The van der Waals surface area contributed by atoms with Gasteiger partial charge in [-0.3, -0.25) is 0 Å². The molecule has 0 fully saturated rings. The number of hydrogen-bond donors (Lipinski definition) is 1. The zero-order valence-corrected chi connectivity index (χ0v) is 10.0. The minimum Gasteiger partial charge on any atom is -0.477 e. The highest BCUT2D eigenvalue weighted by Crippen LogP contribution is 2.13. The van der Waals surface area contributed by atoms with Crippen LogP contribution in [0.1, 0.15) is 16.2 Å². The molecule has 3 aromatic rings. The second kappa shape index (κ2) is 4.53. The number of hydrogen-bond acceptors (Lipinski definition) is 3. The molecular formula is C14H11N3O2. The number of pyridine rings is 1. The van der Waals surface area contributed by atoms with Crippen LogP contribution in [0, 0.1) is 0 Å². The van der Waals surface area contributed by atoms with Crippen molar-refractivity contribution in [3.8, 4) is 0 Å². The van der Waals surface area contributed by atoms with Gasteiger partial charge in [-0.2, -0.15) is 0 Å². The van der Waals surface area contributed by atoms with Crippen LogP contribution in [0.2, 0.25) is 0 Å². The summed E-state index contributed by atoms with van der Waals surface area (Å²) in [6, 6.07) is 12.8. The number of aromatic carboxylic acids is 1. The number of para-hydroxylation sites is 2. The summed E-state index contributed by atoms with van der Waals surface area (Å²) < 4.78 is 1.95. The number of carboxylic acid groups (broad SMARTS) is 1. The van der Waals surface area contributed by atoms with Crippen molar-refractivity contribution in [3.05, 3.63) is 60.2 Å². The summed E-state index contributed by atoms with van der Waals surface area (Å²) in [6.45, 7) is 0.502. The zero-order valence-electron chi connectivity index (χ0n) is 10.0. The van der Waals surface area contributed by atoms with Gasteiger partial charge in [0, 0.05) is 0 Å². The molecule has 2 heterocycles. The van der Waals surface area contributed by atoms with Crippen molar-refractivity contribution in [1.29, 1.82) is 0 Å². The fourth-order valence-electron chi connectivity index (χ4n) is 2.00. The lowest BCUT2D eigenvalue weighted by Crippen LogP contribution is -2.05. The third kappa shape index (κ3) is 2.18. The van der Waals surface area contributed by atoms with Gasteiger partial charge in [-0.15, -0.1) is 0 Å². The lowest BCUT2D eigenvalue weighted by molar-refractivity contribution is 0.0690. The molecule has 0 saturated carbocycles. The Morgan fingerprint density at radius 2 is 2.00 bits per heavy atom. The van der Waals surface area contributed by atoms with Crippen LogP contribution in [0.15, 0.2) is 48.8 Å². The molecule has 94 valence electrons. The average molecular weight is 253 g/mol. The summed E-state index contributed by atoms with van der Waals surface area (Å²) in [6.07, 6.45) is 1.74. The topological polar surface area (TPSA) is 68.0 Å². The third-order valence-corrected chi connectivity index (χ3v) is 2.89. The molecule has 0 saturated heterocycles. The number of fused-ring (bicyclic) bond motifs is 1. The second-order valence-corrected chi connectivity index (χ2v) is 4.18. The molecule has 0 bridgehead atoms. The Labute approximate surface area is 109 Å². The monoisotopic (exact) mass is 253 g/mol. The van der Waals surface area contributed by atoms with Crippen LogP contribution in [0.4, 0.5) is 0 Å². The van der Waals surface area contributed by atoms with Gasteiger partial charge >= 0.3 is 5.97 Å². The van der Waals surface area contributed by atoms with Gasteiger partial charge in [-0.05, 0) is 24.3 Å². The van der Waals surface area contributed by atoms with E-state index >= 15 is 0 Å². The first-order valence-electron chi connectivity index (χ1n) is 5.83. The van der Waals surface area contributed by atoms with Gasteiger partial charge in [0.2, 0.25) is 0 Å². The van der Waals surface area contributed by atoms with E-state index in [1.54, 1.807) is 18.5 Å². The first-order chi connectivity index (χ1) is 9.24. The molecule has 0 atom stereocenters. The first kappa shape index (κ1) is 11.4. The molecule has 2 aromatic heterocycles. The van der Waals surface area contributed by atoms with Crippen LogP contribution in [0.25, 0.3) is 11.0 Å². The molecule has 0 aliphatic rings. The number of nitrogens with zero attached hydrogens (tertiary/aromatic N) is 3. The van der Waals surface area contributed by atoms with Crippen molar-refractivity contribution in [2.75, 3.05) is 0 Å². The predicted molar refractivity (Wildman–Crippen MR) is 70.0 cm³/mol. The molecule has 0 radical (unpaired) electrons. The molecule has 5 nitrogen and oxygen atoms in total. The maximum Gasteiger partial charge on any atom is 0.354 e. The van der Waals surface area contributed by atoms with Gasteiger partial charge in [-0.25, -0.2) is 14.8 Å². The van der Waals surface area contributed by atoms with E-state index in [1.165, 1.54) is 6.07 Å². The van der Waals surface area contributed by atoms with Crippen molar-refractivity contribution in [3.63, 3.8) is 0 Å². The van der Waals surface area contributed by atoms with Gasteiger partial charge in [0.05, 0.1) is 29.6 Å². The highest BCUT2D eigenvalue weighted by molar-refractivity contribution is 5.85. The van der Waals surface area contributed by atoms with Crippen molar-refractivity contribution >= 4 is 17.0 Å². The summed E-state index contributed by atoms with van der Waals surface area (Å²) in [5.74, 6) is -1.02. The van der Waals surface area contributed by atoms with Crippen LogP contribution < -0.4 is 0 Å². The molecule has 1 N–H and O–H groups in total. The Bertz CT molecular complexity index is 749. The molecule has 0 aliphatic carbocycles. The fourth-order valence-corrected chi connectivity index (χ4v) is 2.00. The van der Waals surface area contributed by atoms with Crippen molar-refractivity contribution in [2.45, 2.75) is 6.54 Å². The van der Waals surface area contributed by atoms with Gasteiger partial charge in [0.15, 0.2) is 0 Å². The molecule has 1 aromatic carbocycles. The van der Waals surface area contributed by atoms with E-state index in [-0.39, 0.29) is 5.69 Å². The number of carbonyl (C=O) groups is 1. The number of benzene rings is 1. The minimum absolute atomic E-state index is 0.0573. The Hall–Kier alpha value is -2.69. The SMILES string of the molecule is O=C(O)c1cccc(Cn2cnc3ccccc32)n1. The Balaban J connectivity index is 1.97. The lowest BCUT2D eigenvalue weighted by atomic mass is 10.3. The summed E-state index contributed by atoms with van der Waals surface area (Å²) in [7, 11) is 0. The Morgan fingerprint density at radius 3 is 2.84 bits per heavy atom. The largest absolute Gasteiger partial charge is 0.477 e. The molecule has 0 aliphatic heterocycles. The van der Waals surface area contributed by atoms with Gasteiger partial charge in [0.25, 0.3) is 0 Å². The maximum atomic E-state index is 10.9. The molecule has 19 heavy (non-hydrogen) atoms. The number of carboxylic acids is 1. The summed E-state index contributed by atoms with van der Waals surface area (Å²) in [5, 5.41) is 8.93. The molecule has 0 amide bonds. The molecule has 0 spiro atoms. The van der Waals surface area contributed by atoms with Crippen LogP contribution in [0.5, 0.6) is 0 Å². The Morgan fingerprint density at radius 1 is 1.16 bits per heavy atom. The Kier molecular flexibility index (Phi) is 2.72. The number of aromatic nitrogens is 3. The quantitative estimate of drug-likeness (QED) is 0.776. The predicted octanol–water partition coefficient (Wildman–Crippen LogP) is 2.18. The standard InChI is InChI=1S/C14H11N3O2/c18-14(19)12-6-3-4-10(16-12)8-17-9-15-11-5-1-2-7-13(11)17/h1-7,9H,8H2,(H,18,19). The number of rotatable bonds is 3. The van der Waals surface area contributed by atoms with E-state index in [1.807, 2.05) is 28.8 Å². The van der Waals surface area contributed by atoms with Gasteiger partial charge in [0.1, 0.15) is 5.69 Å². The highest BCUT2D eigenvalue weighted by Gasteiger charge is 2.07. The molecule has 5 heteroatoms. The minimum atomic E-state index is -1.02. The summed E-state index contributed by atoms with van der Waals surface area (Å²) >= 11 is 0. The molecule has 0 unspecified atom stereocenters. The normalized spacial score (nSPS) is 10.7. The summed E-state index contributed by atoms with van der Waals surface area (Å²) in [4.78, 5) is 19.3. The van der Waals surface area contributed by atoms with Crippen LogP contribution >= 0.6 is 0 Å². The van der Waals surface area contributed by atoms with E-state index in [4.69, 9.17) is 5.11 Å². The zero-order chi connectivity index (χ0) is 13.2. The van der Waals surface area contributed by atoms with Crippen LogP contribution in [0.3, 0.4) is 0 Å². The highest BCUT2D eigenvalue weighted by atomic mass is 16.4. The maximum absolute atomic E-state index is 10.9. The molecule has 3 rings (SSSR count). The summed E-state index contributed by atoms with van der Waals surface area (Å²) in [5.41, 5.74) is 2.67. The van der Waals surface area contributed by atoms with Crippen LogP contribution in [-0.2, 0) is 6.54 Å². The smallest absolute Gasteiger partial charge is 0.354 e. The second-order valence-electron chi connectivity index (χ2n) is 4.18. The third-order valence-electron chi connectivity index (χ3n) is 2.89. The van der Waals surface area contributed by atoms with E-state index in [9.17, 15) is 4.79 Å². The number of imidazole rings is 1.